The van der Waals surface area contributed by atoms with Crippen molar-refractivity contribution in [2.45, 2.75) is 11.7 Å². The third-order valence-corrected chi connectivity index (χ3v) is 4.82. The summed E-state index contributed by atoms with van der Waals surface area (Å²) in [5.41, 5.74) is 0.232. The summed E-state index contributed by atoms with van der Waals surface area (Å²) in [4.78, 5) is 41.1. The number of carbonyl (C=O) groups excluding carboxylic acids is 2. The van der Waals surface area contributed by atoms with E-state index in [0.717, 1.165) is 11.8 Å². The number of nitrogens with zero attached hydrogens (tertiary/aromatic N) is 2. The molecular weight excluding hydrogens is 395 g/mol. The first kappa shape index (κ1) is 20.3. The summed E-state index contributed by atoms with van der Waals surface area (Å²) in [6.07, 6.45) is 1.56. The Kier molecular flexibility index (Phi) is 6.40. The molecule has 7 nitrogen and oxygen atoms in total. The molecule has 3 aromatic rings. The number of urea groups is 1. The molecule has 0 spiro atoms. The molecule has 3 rings (SSSR count). The zero-order valence-corrected chi connectivity index (χ0v) is 16.0. The average Bonchev–Trinajstić information content (AvgIpc) is 2.70. The van der Waals surface area contributed by atoms with Crippen LogP contribution in [0.1, 0.15) is 0 Å². The maximum atomic E-state index is 13.6. The molecule has 0 bridgehead atoms. The van der Waals surface area contributed by atoms with Gasteiger partial charge >= 0.3 is 6.03 Å². The number of fused-ring (bicyclic) bond motifs is 1. The second-order valence-electron chi connectivity index (χ2n) is 5.89. The highest BCUT2D eigenvalue weighted by atomic mass is 32.2. The lowest BCUT2D eigenvalue weighted by atomic mass is 10.2. The van der Waals surface area contributed by atoms with Gasteiger partial charge in [-0.05, 0) is 24.3 Å². The van der Waals surface area contributed by atoms with Crippen LogP contribution in [-0.4, -0.2) is 27.2 Å². The first-order valence-corrected chi connectivity index (χ1v) is 9.57. The van der Waals surface area contributed by atoms with E-state index in [1.54, 1.807) is 36.4 Å². The Bertz CT molecular complexity index is 1150. The van der Waals surface area contributed by atoms with Gasteiger partial charge in [0.05, 0.1) is 22.3 Å². The number of anilines is 1. The summed E-state index contributed by atoms with van der Waals surface area (Å²) in [6.45, 7) is 3.87. The maximum Gasteiger partial charge on any atom is 0.325 e. The zero-order valence-electron chi connectivity index (χ0n) is 15.2. The van der Waals surface area contributed by atoms with Crippen molar-refractivity contribution in [3.05, 3.63) is 77.4 Å². The molecule has 2 N–H and O–H groups in total. The number of hydrogen-bond acceptors (Lipinski definition) is 5. The Balaban J connectivity index is 1.69. The van der Waals surface area contributed by atoms with E-state index in [9.17, 15) is 18.8 Å². The third-order valence-electron chi connectivity index (χ3n) is 3.85. The predicted molar refractivity (Wildman–Crippen MR) is 110 cm³/mol. The van der Waals surface area contributed by atoms with Crippen LogP contribution in [0, 0.1) is 5.82 Å². The summed E-state index contributed by atoms with van der Waals surface area (Å²) < 4.78 is 15.0. The fourth-order valence-electron chi connectivity index (χ4n) is 2.56. The van der Waals surface area contributed by atoms with Crippen LogP contribution < -0.4 is 16.2 Å². The molecule has 0 aliphatic heterocycles. The summed E-state index contributed by atoms with van der Waals surface area (Å²) in [5.74, 6) is -1.39. The molecule has 29 heavy (non-hydrogen) atoms. The van der Waals surface area contributed by atoms with Crippen LogP contribution >= 0.6 is 11.8 Å². The van der Waals surface area contributed by atoms with Gasteiger partial charge in [-0.1, -0.05) is 42.1 Å². The highest BCUT2D eigenvalue weighted by molar-refractivity contribution is 7.99. The Morgan fingerprint density at radius 3 is 2.66 bits per heavy atom. The number of hydrogen-bond donors (Lipinski definition) is 2. The number of carbonyl (C=O) groups is 2. The van der Waals surface area contributed by atoms with Gasteiger partial charge in [0, 0.05) is 6.54 Å². The van der Waals surface area contributed by atoms with Gasteiger partial charge in [0.25, 0.3) is 5.56 Å². The van der Waals surface area contributed by atoms with E-state index >= 15 is 0 Å². The van der Waals surface area contributed by atoms with E-state index in [-0.39, 0.29) is 23.5 Å². The fourth-order valence-corrected chi connectivity index (χ4v) is 3.37. The number of imide groups is 1. The summed E-state index contributed by atoms with van der Waals surface area (Å²) in [7, 11) is 0. The largest absolute Gasteiger partial charge is 0.325 e. The van der Waals surface area contributed by atoms with E-state index in [1.807, 2.05) is 0 Å². The van der Waals surface area contributed by atoms with Crippen molar-refractivity contribution in [3.8, 4) is 0 Å². The number of thioether (sulfide) groups is 1. The number of nitrogens with one attached hydrogen (secondary N) is 2. The number of rotatable bonds is 6. The average molecular weight is 412 g/mol. The van der Waals surface area contributed by atoms with Crippen molar-refractivity contribution in [3.63, 3.8) is 0 Å². The van der Waals surface area contributed by atoms with Crippen LogP contribution in [-0.2, 0) is 11.3 Å². The van der Waals surface area contributed by atoms with Gasteiger partial charge in [-0.15, -0.1) is 6.58 Å². The molecule has 0 saturated heterocycles. The zero-order chi connectivity index (χ0) is 20.8. The minimum Gasteiger partial charge on any atom is -0.305 e. The number of allylic oxidation sites excluding steroid dienone is 1. The number of amides is 3. The van der Waals surface area contributed by atoms with Gasteiger partial charge in [-0.25, -0.2) is 14.2 Å². The molecule has 0 saturated carbocycles. The van der Waals surface area contributed by atoms with Crippen molar-refractivity contribution in [1.29, 1.82) is 0 Å². The summed E-state index contributed by atoms with van der Waals surface area (Å²) in [5, 5.41) is 5.18. The molecule has 0 atom stereocenters. The van der Waals surface area contributed by atoms with Gasteiger partial charge in [0.15, 0.2) is 5.16 Å². The van der Waals surface area contributed by atoms with E-state index in [2.05, 4.69) is 22.2 Å². The Hall–Kier alpha value is -3.46. The molecule has 0 radical (unpaired) electrons. The molecule has 1 aromatic heterocycles. The van der Waals surface area contributed by atoms with Gasteiger partial charge in [0.2, 0.25) is 5.91 Å². The van der Waals surface area contributed by atoms with Crippen LogP contribution in [0.15, 0.2) is 71.1 Å². The maximum absolute atomic E-state index is 13.6. The summed E-state index contributed by atoms with van der Waals surface area (Å²) in [6, 6.07) is 11.7. The molecule has 9 heteroatoms. The number of halogens is 1. The minimum absolute atomic E-state index is 0.0403. The normalized spacial score (nSPS) is 10.5. The molecule has 2 aromatic carbocycles. The molecule has 0 fully saturated rings. The van der Waals surface area contributed by atoms with E-state index < -0.39 is 17.8 Å². The third kappa shape index (κ3) is 4.88. The highest BCUT2D eigenvalue weighted by Gasteiger charge is 2.14. The molecule has 0 aliphatic carbocycles. The fraction of sp³-hybridized carbons (Fsp3) is 0.100. The lowest BCUT2D eigenvalue weighted by Gasteiger charge is -2.11. The van der Waals surface area contributed by atoms with Gasteiger partial charge in [-0.2, -0.15) is 0 Å². The standard InChI is InChI=1S/C20H17FN4O3S/c1-2-11-25-18(27)13-7-3-5-9-15(13)23-20(25)29-12-17(26)24-19(28)22-16-10-6-4-8-14(16)21/h2-10H,1,11-12H2,(H2,22,24,26,28). The molecule has 0 unspecified atom stereocenters. The van der Waals surface area contributed by atoms with Gasteiger partial charge in [0.1, 0.15) is 5.82 Å². The van der Waals surface area contributed by atoms with Crippen molar-refractivity contribution < 1.29 is 14.0 Å². The smallest absolute Gasteiger partial charge is 0.305 e. The van der Waals surface area contributed by atoms with Gasteiger partial charge in [-0.3, -0.25) is 19.5 Å². The number of para-hydroxylation sites is 2. The number of aromatic nitrogens is 2. The molecule has 0 aliphatic rings. The quantitative estimate of drug-likeness (QED) is 0.369. The minimum atomic E-state index is -0.851. The monoisotopic (exact) mass is 412 g/mol. The number of benzene rings is 2. The van der Waals surface area contributed by atoms with Crippen molar-refractivity contribution >= 4 is 40.3 Å². The first-order chi connectivity index (χ1) is 14.0. The molecule has 1 heterocycles. The van der Waals surface area contributed by atoms with Gasteiger partial charge < -0.3 is 5.32 Å². The van der Waals surface area contributed by atoms with Crippen LogP contribution in [0.4, 0.5) is 14.9 Å². The van der Waals surface area contributed by atoms with E-state index in [0.29, 0.717) is 16.1 Å². The van der Waals surface area contributed by atoms with Crippen molar-refractivity contribution in [1.82, 2.24) is 14.9 Å². The lowest BCUT2D eigenvalue weighted by Crippen LogP contribution is -2.36. The van der Waals surface area contributed by atoms with Crippen molar-refractivity contribution in [2.24, 2.45) is 0 Å². The second-order valence-corrected chi connectivity index (χ2v) is 6.83. The topological polar surface area (TPSA) is 93.1 Å². The SMILES string of the molecule is C=CCn1c(SCC(=O)NC(=O)Nc2ccccc2F)nc2ccccc2c1=O. The van der Waals surface area contributed by atoms with Crippen LogP contribution in [0.25, 0.3) is 10.9 Å². The predicted octanol–water partition coefficient (Wildman–Crippen LogP) is 3.16. The van der Waals surface area contributed by atoms with Crippen LogP contribution in [0.2, 0.25) is 0 Å². The second kappa shape index (κ2) is 9.16. The Morgan fingerprint density at radius 2 is 1.90 bits per heavy atom. The first-order valence-electron chi connectivity index (χ1n) is 8.58. The summed E-state index contributed by atoms with van der Waals surface area (Å²) >= 11 is 1.01. The van der Waals surface area contributed by atoms with Crippen LogP contribution in [0.5, 0.6) is 0 Å². The van der Waals surface area contributed by atoms with E-state index in [4.69, 9.17) is 0 Å². The molecular formula is C20H17FN4O3S. The van der Waals surface area contributed by atoms with Crippen molar-refractivity contribution in [2.75, 3.05) is 11.1 Å². The lowest BCUT2D eigenvalue weighted by molar-refractivity contribution is -0.117. The molecule has 3 amide bonds. The van der Waals surface area contributed by atoms with E-state index in [1.165, 1.54) is 22.8 Å². The van der Waals surface area contributed by atoms with Crippen LogP contribution in [0.3, 0.4) is 0 Å². The highest BCUT2D eigenvalue weighted by Crippen LogP contribution is 2.18. The molecule has 148 valence electrons. The Labute approximate surface area is 169 Å². The Morgan fingerprint density at radius 1 is 1.17 bits per heavy atom.